The zero-order chi connectivity index (χ0) is 17.7. The molecule has 7 heteroatoms. The molecule has 0 aliphatic carbocycles. The van der Waals surface area contributed by atoms with Crippen molar-refractivity contribution >= 4 is 5.97 Å². The van der Waals surface area contributed by atoms with Gasteiger partial charge >= 0.3 is 12.3 Å². The van der Waals surface area contributed by atoms with Crippen LogP contribution in [0.4, 0.5) is 13.2 Å². The Labute approximate surface area is 136 Å². The van der Waals surface area contributed by atoms with Gasteiger partial charge < -0.3 is 14.2 Å². The number of methoxy groups -OCH3 is 1. The molecule has 0 saturated carbocycles. The number of hydrogen-bond donors (Lipinski definition) is 0. The molecule has 128 valence electrons. The third-order valence-electron chi connectivity index (χ3n) is 3.12. The van der Waals surface area contributed by atoms with Crippen molar-refractivity contribution in [2.75, 3.05) is 13.7 Å². The lowest BCUT2D eigenvalue weighted by Gasteiger charge is -2.16. The monoisotopic (exact) mass is 340 g/mol. The Kier molecular flexibility index (Phi) is 5.33. The van der Waals surface area contributed by atoms with Crippen LogP contribution in [0.15, 0.2) is 42.5 Å². The van der Waals surface area contributed by atoms with E-state index in [0.29, 0.717) is 5.75 Å². The highest BCUT2D eigenvalue weighted by atomic mass is 19.4. The fourth-order valence-electron chi connectivity index (χ4n) is 2.17. The smallest absolute Gasteiger partial charge is 0.497 e. The lowest BCUT2D eigenvalue weighted by molar-refractivity contribution is -0.274. The molecule has 0 fully saturated rings. The van der Waals surface area contributed by atoms with Crippen LogP contribution < -0.4 is 9.47 Å². The summed E-state index contributed by atoms with van der Waals surface area (Å²) in [6, 6.07) is 10.0. The van der Waals surface area contributed by atoms with Gasteiger partial charge in [0.25, 0.3) is 0 Å². The fraction of sp³-hybridized carbons (Fsp3) is 0.235. The Balaban J connectivity index is 2.58. The van der Waals surface area contributed by atoms with Gasteiger partial charge in [0.15, 0.2) is 0 Å². The summed E-state index contributed by atoms with van der Waals surface area (Å²) in [4.78, 5) is 12.2. The van der Waals surface area contributed by atoms with Crippen LogP contribution in [-0.2, 0) is 4.74 Å². The standard InChI is InChI=1S/C17H15F3O4/c1-3-23-16(21)14-10-11(22-2)8-9-12(14)13-6-4-5-7-15(13)24-17(18,19)20/h4-10H,3H2,1-2H3. The summed E-state index contributed by atoms with van der Waals surface area (Å²) in [5.74, 6) is -0.676. The molecular weight excluding hydrogens is 325 g/mol. The van der Waals surface area contributed by atoms with Gasteiger partial charge in [0.2, 0.25) is 0 Å². The molecule has 0 N–H and O–H groups in total. The van der Waals surface area contributed by atoms with E-state index in [2.05, 4.69) is 4.74 Å². The first-order valence-electron chi connectivity index (χ1n) is 7.06. The number of carbonyl (C=O) groups is 1. The number of para-hydroxylation sites is 1. The fourth-order valence-corrected chi connectivity index (χ4v) is 2.17. The van der Waals surface area contributed by atoms with Gasteiger partial charge in [0, 0.05) is 11.1 Å². The van der Waals surface area contributed by atoms with Crippen molar-refractivity contribution in [1.82, 2.24) is 0 Å². The minimum Gasteiger partial charge on any atom is -0.497 e. The number of ether oxygens (including phenoxy) is 3. The summed E-state index contributed by atoms with van der Waals surface area (Å²) in [6.45, 7) is 1.77. The van der Waals surface area contributed by atoms with Crippen LogP contribution in [0.3, 0.4) is 0 Å². The predicted molar refractivity (Wildman–Crippen MR) is 81.1 cm³/mol. The van der Waals surface area contributed by atoms with E-state index in [1.807, 2.05) is 0 Å². The maximum absolute atomic E-state index is 12.6. The molecule has 0 bridgehead atoms. The number of carbonyl (C=O) groups excluding carboxylic acids is 1. The second-order valence-electron chi connectivity index (χ2n) is 4.68. The molecule has 0 aromatic heterocycles. The minimum atomic E-state index is -4.84. The number of esters is 1. The largest absolute Gasteiger partial charge is 0.573 e. The predicted octanol–water partition coefficient (Wildman–Crippen LogP) is 4.44. The van der Waals surface area contributed by atoms with E-state index in [9.17, 15) is 18.0 Å². The Morgan fingerprint density at radius 1 is 1.08 bits per heavy atom. The lowest BCUT2D eigenvalue weighted by Crippen LogP contribution is -2.17. The highest BCUT2D eigenvalue weighted by molar-refractivity contribution is 5.98. The van der Waals surface area contributed by atoms with Gasteiger partial charge in [-0.2, -0.15) is 0 Å². The van der Waals surface area contributed by atoms with Crippen LogP contribution >= 0.6 is 0 Å². The number of benzene rings is 2. The lowest BCUT2D eigenvalue weighted by atomic mass is 9.98. The van der Waals surface area contributed by atoms with Crippen LogP contribution in [-0.4, -0.2) is 26.0 Å². The number of alkyl halides is 3. The topological polar surface area (TPSA) is 44.8 Å². The van der Waals surface area contributed by atoms with Crippen molar-refractivity contribution in [3.05, 3.63) is 48.0 Å². The van der Waals surface area contributed by atoms with E-state index in [0.717, 1.165) is 0 Å². The normalized spacial score (nSPS) is 11.0. The van der Waals surface area contributed by atoms with Crippen molar-refractivity contribution in [2.45, 2.75) is 13.3 Å². The Morgan fingerprint density at radius 3 is 2.42 bits per heavy atom. The second kappa shape index (κ2) is 7.25. The molecule has 4 nitrogen and oxygen atoms in total. The van der Waals surface area contributed by atoms with Crippen molar-refractivity contribution < 1.29 is 32.2 Å². The molecule has 2 aromatic carbocycles. The van der Waals surface area contributed by atoms with Crippen molar-refractivity contribution in [3.8, 4) is 22.6 Å². The Bertz CT molecular complexity index is 726. The molecule has 0 aliphatic heterocycles. The average molecular weight is 340 g/mol. The van der Waals surface area contributed by atoms with Crippen LogP contribution in [0.5, 0.6) is 11.5 Å². The first-order valence-corrected chi connectivity index (χ1v) is 7.06. The summed E-state index contributed by atoms with van der Waals surface area (Å²) >= 11 is 0. The highest BCUT2D eigenvalue weighted by Gasteiger charge is 2.32. The number of rotatable bonds is 5. The summed E-state index contributed by atoms with van der Waals surface area (Å²) in [7, 11) is 1.42. The molecule has 0 atom stereocenters. The molecule has 0 heterocycles. The highest BCUT2D eigenvalue weighted by Crippen LogP contribution is 2.36. The summed E-state index contributed by atoms with van der Waals surface area (Å²) in [5, 5.41) is 0. The first kappa shape index (κ1) is 17.7. The summed E-state index contributed by atoms with van der Waals surface area (Å²) < 4.78 is 51.9. The van der Waals surface area contributed by atoms with E-state index >= 15 is 0 Å². The summed E-state index contributed by atoms with van der Waals surface area (Å²) in [6.07, 6.45) is -4.84. The van der Waals surface area contributed by atoms with Crippen LogP contribution in [0.2, 0.25) is 0 Å². The van der Waals surface area contributed by atoms with E-state index < -0.39 is 18.1 Å². The van der Waals surface area contributed by atoms with Crippen molar-refractivity contribution in [1.29, 1.82) is 0 Å². The molecule has 0 radical (unpaired) electrons. The molecule has 0 aliphatic rings. The molecule has 0 spiro atoms. The van der Waals surface area contributed by atoms with E-state index in [4.69, 9.17) is 9.47 Å². The first-order chi connectivity index (χ1) is 11.4. The Hall–Kier alpha value is -2.70. The minimum absolute atomic E-state index is 0.0921. The molecule has 24 heavy (non-hydrogen) atoms. The van der Waals surface area contributed by atoms with Crippen LogP contribution in [0.1, 0.15) is 17.3 Å². The average Bonchev–Trinajstić information content (AvgIpc) is 2.53. The van der Waals surface area contributed by atoms with Crippen LogP contribution in [0, 0.1) is 0 Å². The second-order valence-corrected chi connectivity index (χ2v) is 4.68. The third-order valence-corrected chi connectivity index (χ3v) is 3.12. The zero-order valence-electron chi connectivity index (χ0n) is 13.0. The van der Waals surface area contributed by atoms with Gasteiger partial charge in [-0.3, -0.25) is 0 Å². The molecule has 2 rings (SSSR count). The van der Waals surface area contributed by atoms with Gasteiger partial charge in [-0.1, -0.05) is 18.2 Å². The van der Waals surface area contributed by atoms with E-state index in [-0.39, 0.29) is 23.3 Å². The molecule has 2 aromatic rings. The Morgan fingerprint density at radius 2 is 1.79 bits per heavy atom. The summed E-state index contributed by atoms with van der Waals surface area (Å²) in [5.41, 5.74) is 0.476. The van der Waals surface area contributed by atoms with Crippen molar-refractivity contribution in [3.63, 3.8) is 0 Å². The van der Waals surface area contributed by atoms with Gasteiger partial charge in [-0.05, 0) is 31.2 Å². The SMILES string of the molecule is CCOC(=O)c1cc(OC)ccc1-c1ccccc1OC(F)(F)F. The van der Waals surface area contributed by atoms with Crippen molar-refractivity contribution in [2.24, 2.45) is 0 Å². The van der Waals surface area contributed by atoms with Crippen LogP contribution in [0.25, 0.3) is 11.1 Å². The van der Waals surface area contributed by atoms with Gasteiger partial charge in [-0.15, -0.1) is 13.2 Å². The number of halogens is 3. The molecule has 0 unspecified atom stereocenters. The van der Waals surface area contributed by atoms with E-state index in [1.165, 1.54) is 37.4 Å². The molecule has 0 saturated heterocycles. The zero-order valence-corrected chi connectivity index (χ0v) is 13.0. The number of hydrogen-bond acceptors (Lipinski definition) is 4. The maximum atomic E-state index is 12.6. The molecular formula is C17H15F3O4. The van der Waals surface area contributed by atoms with E-state index in [1.54, 1.807) is 19.1 Å². The van der Waals surface area contributed by atoms with Gasteiger partial charge in [0.05, 0.1) is 19.3 Å². The quantitative estimate of drug-likeness (QED) is 0.755. The third kappa shape index (κ3) is 4.18. The van der Waals surface area contributed by atoms with Gasteiger partial charge in [0.1, 0.15) is 11.5 Å². The maximum Gasteiger partial charge on any atom is 0.573 e. The van der Waals surface area contributed by atoms with Gasteiger partial charge in [-0.25, -0.2) is 4.79 Å². The molecule has 0 amide bonds.